The van der Waals surface area contributed by atoms with Crippen molar-refractivity contribution in [3.8, 4) is 5.75 Å². The molecule has 6 heteroatoms. The van der Waals surface area contributed by atoms with Gasteiger partial charge in [0.05, 0.1) is 29.6 Å². The van der Waals surface area contributed by atoms with Crippen molar-refractivity contribution >= 4 is 23.3 Å². The number of anilines is 2. The first-order valence-corrected chi connectivity index (χ1v) is 7.95. The van der Waals surface area contributed by atoms with Gasteiger partial charge in [-0.3, -0.25) is 10.1 Å². The Labute approximate surface area is 151 Å². The van der Waals surface area contributed by atoms with Gasteiger partial charge in [0.2, 0.25) is 0 Å². The van der Waals surface area contributed by atoms with Gasteiger partial charge in [-0.15, -0.1) is 0 Å². The molecule has 0 bridgehead atoms. The molecule has 3 aromatic rings. The van der Waals surface area contributed by atoms with Crippen molar-refractivity contribution < 1.29 is 9.66 Å². The molecule has 0 atom stereocenters. The van der Waals surface area contributed by atoms with Crippen molar-refractivity contribution in [1.82, 2.24) is 0 Å². The lowest BCUT2D eigenvalue weighted by atomic mass is 10.2. The lowest BCUT2D eigenvalue weighted by Gasteiger charge is -2.19. The normalized spacial score (nSPS) is 10.7. The number of para-hydroxylation sites is 2. The van der Waals surface area contributed by atoms with Crippen LogP contribution in [-0.4, -0.2) is 18.2 Å². The zero-order valence-corrected chi connectivity index (χ0v) is 14.1. The van der Waals surface area contributed by atoms with E-state index in [-0.39, 0.29) is 11.4 Å². The summed E-state index contributed by atoms with van der Waals surface area (Å²) in [6.07, 6.45) is 1.59. The maximum Gasteiger partial charge on any atom is 0.311 e. The minimum atomic E-state index is -0.470. The Balaban J connectivity index is 1.97. The standard InChI is InChI=1S/C20H17N3O3/c1-26-20-13-12-16(14-19(20)23(24)25)15-21-22(17-8-4-2-5-9-17)18-10-6-3-7-11-18/h2-15H,1H3. The summed E-state index contributed by atoms with van der Waals surface area (Å²) in [5, 5.41) is 17.5. The quantitative estimate of drug-likeness (QED) is 0.366. The molecular weight excluding hydrogens is 330 g/mol. The molecule has 0 saturated heterocycles. The minimum Gasteiger partial charge on any atom is -0.490 e. The van der Waals surface area contributed by atoms with Crippen LogP contribution in [0.4, 0.5) is 17.1 Å². The van der Waals surface area contributed by atoms with Crippen LogP contribution in [0.1, 0.15) is 5.56 Å². The number of hydrogen-bond donors (Lipinski definition) is 0. The molecule has 0 heterocycles. The molecule has 0 N–H and O–H groups in total. The number of nitro benzene ring substituents is 1. The van der Waals surface area contributed by atoms with Crippen LogP contribution in [0.15, 0.2) is 84.0 Å². The van der Waals surface area contributed by atoms with E-state index < -0.39 is 4.92 Å². The van der Waals surface area contributed by atoms with Gasteiger partial charge in [0.15, 0.2) is 5.75 Å². The highest BCUT2D eigenvalue weighted by Gasteiger charge is 2.15. The first-order chi connectivity index (χ1) is 12.7. The summed E-state index contributed by atoms with van der Waals surface area (Å²) < 4.78 is 5.03. The van der Waals surface area contributed by atoms with E-state index in [0.29, 0.717) is 5.56 Å². The Bertz CT molecular complexity index is 873. The van der Waals surface area contributed by atoms with Crippen molar-refractivity contribution in [1.29, 1.82) is 0 Å². The lowest BCUT2D eigenvalue weighted by Crippen LogP contribution is -2.09. The first kappa shape index (κ1) is 17.2. The molecule has 0 aromatic heterocycles. The molecule has 0 unspecified atom stereocenters. The van der Waals surface area contributed by atoms with E-state index in [1.807, 2.05) is 60.7 Å². The SMILES string of the molecule is COc1ccc(C=NN(c2ccccc2)c2ccccc2)cc1[N+](=O)[O-]. The first-order valence-electron chi connectivity index (χ1n) is 7.95. The van der Waals surface area contributed by atoms with Crippen LogP contribution in [0.3, 0.4) is 0 Å². The number of hydrazone groups is 1. The largest absolute Gasteiger partial charge is 0.490 e. The van der Waals surface area contributed by atoms with E-state index in [2.05, 4.69) is 5.10 Å². The number of nitrogens with zero attached hydrogens (tertiary/aromatic N) is 3. The molecule has 0 spiro atoms. The number of hydrogen-bond acceptors (Lipinski definition) is 5. The molecule has 0 aliphatic heterocycles. The maximum absolute atomic E-state index is 11.2. The van der Waals surface area contributed by atoms with Crippen LogP contribution in [0, 0.1) is 10.1 Å². The lowest BCUT2D eigenvalue weighted by molar-refractivity contribution is -0.385. The molecule has 6 nitrogen and oxygen atoms in total. The van der Waals surface area contributed by atoms with Crippen molar-refractivity contribution in [2.24, 2.45) is 5.10 Å². The van der Waals surface area contributed by atoms with Crippen molar-refractivity contribution in [2.45, 2.75) is 0 Å². The van der Waals surface area contributed by atoms with E-state index in [0.717, 1.165) is 11.4 Å². The van der Waals surface area contributed by atoms with Gasteiger partial charge < -0.3 is 4.74 Å². The predicted octanol–water partition coefficient (Wildman–Crippen LogP) is 4.78. The number of rotatable bonds is 6. The van der Waals surface area contributed by atoms with Crippen LogP contribution in [0.2, 0.25) is 0 Å². The van der Waals surface area contributed by atoms with Gasteiger partial charge in [0.25, 0.3) is 0 Å². The van der Waals surface area contributed by atoms with Crippen LogP contribution >= 0.6 is 0 Å². The Morgan fingerprint density at radius 3 is 2.04 bits per heavy atom. The number of benzene rings is 3. The second-order valence-corrected chi connectivity index (χ2v) is 5.42. The summed E-state index contributed by atoms with van der Waals surface area (Å²) in [7, 11) is 1.41. The van der Waals surface area contributed by atoms with Gasteiger partial charge in [0.1, 0.15) is 0 Å². The molecule has 26 heavy (non-hydrogen) atoms. The fourth-order valence-corrected chi connectivity index (χ4v) is 2.48. The van der Waals surface area contributed by atoms with E-state index in [4.69, 9.17) is 4.74 Å². The highest BCUT2D eigenvalue weighted by Crippen LogP contribution is 2.28. The Hall–Kier alpha value is -3.67. The molecule has 0 amide bonds. The number of ether oxygens (including phenoxy) is 1. The molecule has 0 aliphatic rings. The van der Waals surface area contributed by atoms with E-state index in [9.17, 15) is 10.1 Å². The second kappa shape index (κ2) is 7.94. The van der Waals surface area contributed by atoms with Gasteiger partial charge in [-0.05, 0) is 36.4 Å². The summed E-state index contributed by atoms with van der Waals surface area (Å²) in [4.78, 5) is 10.7. The Morgan fingerprint density at radius 1 is 0.962 bits per heavy atom. The third kappa shape index (κ3) is 3.87. The number of methoxy groups -OCH3 is 1. The van der Waals surface area contributed by atoms with Crippen molar-refractivity contribution in [2.75, 3.05) is 12.1 Å². The zero-order chi connectivity index (χ0) is 18.4. The zero-order valence-electron chi connectivity index (χ0n) is 14.1. The average molecular weight is 347 g/mol. The minimum absolute atomic E-state index is 0.0950. The van der Waals surface area contributed by atoms with Crippen molar-refractivity contribution in [3.63, 3.8) is 0 Å². The van der Waals surface area contributed by atoms with Gasteiger partial charge in [0, 0.05) is 11.6 Å². The number of nitro groups is 1. The summed E-state index contributed by atoms with van der Waals surface area (Å²) in [6.45, 7) is 0. The predicted molar refractivity (Wildman–Crippen MR) is 102 cm³/mol. The van der Waals surface area contributed by atoms with Crippen LogP contribution < -0.4 is 9.75 Å². The topological polar surface area (TPSA) is 68.0 Å². The van der Waals surface area contributed by atoms with Crippen LogP contribution in [-0.2, 0) is 0 Å². The molecule has 130 valence electrons. The third-order valence-corrected chi connectivity index (χ3v) is 3.72. The van der Waals surface area contributed by atoms with Gasteiger partial charge in [-0.1, -0.05) is 36.4 Å². The molecule has 0 radical (unpaired) electrons. The maximum atomic E-state index is 11.2. The van der Waals surface area contributed by atoms with Crippen molar-refractivity contribution in [3.05, 3.63) is 94.5 Å². The van der Waals surface area contributed by atoms with E-state index >= 15 is 0 Å². The molecule has 3 rings (SSSR count). The highest BCUT2D eigenvalue weighted by atomic mass is 16.6. The van der Waals surface area contributed by atoms with Crippen LogP contribution in [0.25, 0.3) is 0 Å². The average Bonchev–Trinajstić information content (AvgIpc) is 2.69. The highest BCUT2D eigenvalue weighted by molar-refractivity contribution is 5.83. The molecule has 0 saturated carbocycles. The molecular formula is C20H17N3O3. The fourth-order valence-electron chi connectivity index (χ4n) is 2.48. The summed E-state index contributed by atoms with van der Waals surface area (Å²) in [5.74, 6) is 0.218. The van der Waals surface area contributed by atoms with Gasteiger partial charge >= 0.3 is 5.69 Å². The van der Waals surface area contributed by atoms with Gasteiger partial charge in [-0.2, -0.15) is 5.10 Å². The van der Waals surface area contributed by atoms with Gasteiger partial charge in [-0.25, -0.2) is 5.01 Å². The summed E-state index contributed by atoms with van der Waals surface area (Å²) in [6, 6.07) is 24.1. The third-order valence-electron chi connectivity index (χ3n) is 3.72. The smallest absolute Gasteiger partial charge is 0.311 e. The van der Waals surface area contributed by atoms with E-state index in [1.54, 1.807) is 23.4 Å². The Kier molecular flexibility index (Phi) is 5.24. The second-order valence-electron chi connectivity index (χ2n) is 5.42. The summed E-state index contributed by atoms with van der Waals surface area (Å²) in [5.41, 5.74) is 2.28. The molecule has 0 aliphatic carbocycles. The molecule has 3 aromatic carbocycles. The molecule has 0 fully saturated rings. The Morgan fingerprint density at radius 2 is 1.54 bits per heavy atom. The monoisotopic (exact) mass is 347 g/mol. The summed E-state index contributed by atoms with van der Waals surface area (Å²) >= 11 is 0. The van der Waals surface area contributed by atoms with E-state index in [1.165, 1.54) is 13.2 Å². The fraction of sp³-hybridized carbons (Fsp3) is 0.0500. The van der Waals surface area contributed by atoms with Crippen LogP contribution in [0.5, 0.6) is 5.75 Å².